The van der Waals surface area contributed by atoms with Gasteiger partial charge in [-0.3, -0.25) is 19.2 Å². The summed E-state index contributed by atoms with van der Waals surface area (Å²) in [6.45, 7) is 13.2. The lowest BCUT2D eigenvalue weighted by Crippen LogP contribution is -2.35. The van der Waals surface area contributed by atoms with Gasteiger partial charge in [-0.05, 0) is 43.2 Å². The van der Waals surface area contributed by atoms with Crippen LogP contribution in [0, 0.1) is 5.82 Å². The minimum atomic E-state index is -0.547. The zero-order valence-corrected chi connectivity index (χ0v) is 19.5. The van der Waals surface area contributed by atoms with E-state index in [0.29, 0.717) is 31.3 Å². The molecular formula is C25H30FN5O2. The van der Waals surface area contributed by atoms with Crippen LogP contribution >= 0.6 is 0 Å². The third kappa shape index (κ3) is 4.96. The summed E-state index contributed by atoms with van der Waals surface area (Å²) in [5.41, 5.74) is 1.24. The number of aromatic hydroxyl groups is 1. The fourth-order valence-corrected chi connectivity index (χ4v) is 3.70. The number of nitrogens with zero attached hydrogens (tertiary/aromatic N) is 4. The maximum Gasteiger partial charge on any atom is 0.297 e. The highest BCUT2D eigenvalue weighted by molar-refractivity contribution is 5.63. The van der Waals surface area contributed by atoms with Gasteiger partial charge in [-0.2, -0.15) is 0 Å². The maximum atomic E-state index is 13.1. The molecule has 8 heteroatoms. The van der Waals surface area contributed by atoms with Crippen molar-refractivity contribution in [1.29, 1.82) is 0 Å². The first kappa shape index (κ1) is 24.1. The highest BCUT2D eigenvalue weighted by Gasteiger charge is 2.41. The number of benzene rings is 1. The average molecular weight is 452 g/mol. The Bertz CT molecular complexity index is 1170. The Kier molecular flexibility index (Phi) is 7.28. The van der Waals surface area contributed by atoms with Crippen molar-refractivity contribution in [2.45, 2.75) is 53.0 Å². The minimum Gasteiger partial charge on any atom is -0.501 e. The Morgan fingerprint density at radius 1 is 1.21 bits per heavy atom. The van der Waals surface area contributed by atoms with E-state index in [1.165, 1.54) is 16.7 Å². The summed E-state index contributed by atoms with van der Waals surface area (Å²) in [5.74, 6) is -0.204. The van der Waals surface area contributed by atoms with E-state index >= 15 is 0 Å². The molecule has 174 valence electrons. The van der Waals surface area contributed by atoms with Crippen LogP contribution in [-0.4, -0.2) is 24.5 Å². The molecule has 33 heavy (non-hydrogen) atoms. The second-order valence-electron chi connectivity index (χ2n) is 8.08. The number of rotatable bonds is 6. The van der Waals surface area contributed by atoms with Gasteiger partial charge in [-0.1, -0.05) is 38.6 Å². The Morgan fingerprint density at radius 3 is 2.55 bits per heavy atom. The molecule has 0 aliphatic carbocycles. The molecule has 0 saturated carbocycles. The Balaban J connectivity index is 0.00000149. The van der Waals surface area contributed by atoms with Crippen molar-refractivity contribution >= 4 is 5.70 Å². The van der Waals surface area contributed by atoms with Crippen molar-refractivity contribution in [3.63, 3.8) is 0 Å². The molecule has 7 nitrogen and oxygen atoms in total. The molecule has 1 aliphatic rings. The van der Waals surface area contributed by atoms with Gasteiger partial charge in [0.15, 0.2) is 0 Å². The van der Waals surface area contributed by atoms with E-state index in [-0.39, 0.29) is 11.5 Å². The maximum absolute atomic E-state index is 13.1. The van der Waals surface area contributed by atoms with Gasteiger partial charge in [0.2, 0.25) is 5.75 Å². The third-order valence-corrected chi connectivity index (χ3v) is 5.60. The van der Waals surface area contributed by atoms with Gasteiger partial charge < -0.3 is 10.4 Å². The lowest BCUT2D eigenvalue weighted by Gasteiger charge is -2.30. The van der Waals surface area contributed by atoms with Crippen molar-refractivity contribution < 1.29 is 9.50 Å². The molecule has 3 heterocycles. The van der Waals surface area contributed by atoms with Crippen LogP contribution in [-0.2, 0) is 25.3 Å². The van der Waals surface area contributed by atoms with E-state index in [4.69, 9.17) is 0 Å². The van der Waals surface area contributed by atoms with Crippen LogP contribution in [0.2, 0.25) is 0 Å². The standard InChI is InChI=1S/C23H24FN5O2.C2H6/c1-15(26-12-16-6-8-18(24)9-7-16)19-20(30)21(31)29-14-28(23(2,3)22(29)27-19)13-17-5-4-10-25-11-17;1-2/h4-11,26,30H,1,12-14H2,2-3H3;1-2H3. The Hall–Kier alpha value is -3.52. The first-order valence-electron chi connectivity index (χ1n) is 10.9. The quantitative estimate of drug-likeness (QED) is 0.590. The van der Waals surface area contributed by atoms with Crippen LogP contribution in [0.25, 0.3) is 5.70 Å². The SMILES string of the molecule is C=C(NCc1ccc(F)cc1)c1nc2n(c(=O)c1O)CN(Cc1cccnc1)C2(C)C.CC. The summed E-state index contributed by atoms with van der Waals surface area (Å²) >= 11 is 0. The average Bonchev–Trinajstić information content (AvgIpc) is 3.07. The molecule has 0 atom stereocenters. The second kappa shape index (κ2) is 9.95. The molecule has 1 aromatic carbocycles. The lowest BCUT2D eigenvalue weighted by molar-refractivity contribution is 0.115. The minimum absolute atomic E-state index is 0.120. The van der Waals surface area contributed by atoms with Crippen LogP contribution in [0.4, 0.5) is 4.39 Å². The van der Waals surface area contributed by atoms with E-state index in [2.05, 4.69) is 26.8 Å². The highest BCUT2D eigenvalue weighted by Crippen LogP contribution is 2.35. The normalized spacial score (nSPS) is 14.2. The van der Waals surface area contributed by atoms with Gasteiger partial charge in [0.05, 0.1) is 17.9 Å². The first-order valence-corrected chi connectivity index (χ1v) is 10.9. The molecule has 2 aromatic heterocycles. The van der Waals surface area contributed by atoms with Crippen molar-refractivity contribution in [2.24, 2.45) is 0 Å². The molecule has 0 amide bonds. The zero-order chi connectivity index (χ0) is 24.2. The number of hydrogen-bond donors (Lipinski definition) is 2. The number of aromatic nitrogens is 3. The monoisotopic (exact) mass is 451 g/mol. The van der Waals surface area contributed by atoms with Gasteiger partial charge in [-0.15, -0.1) is 0 Å². The van der Waals surface area contributed by atoms with E-state index in [1.807, 2.05) is 39.8 Å². The van der Waals surface area contributed by atoms with Crippen LogP contribution < -0.4 is 10.9 Å². The van der Waals surface area contributed by atoms with E-state index in [9.17, 15) is 14.3 Å². The lowest BCUT2D eigenvalue weighted by atomic mass is 10.0. The summed E-state index contributed by atoms with van der Waals surface area (Å²) in [5, 5.41) is 13.6. The molecule has 1 aliphatic heterocycles. The van der Waals surface area contributed by atoms with Gasteiger partial charge in [0, 0.05) is 25.5 Å². The van der Waals surface area contributed by atoms with Gasteiger partial charge in [-0.25, -0.2) is 9.37 Å². The fourth-order valence-electron chi connectivity index (χ4n) is 3.70. The van der Waals surface area contributed by atoms with Crippen LogP contribution in [0.3, 0.4) is 0 Å². The topological polar surface area (TPSA) is 83.3 Å². The molecular weight excluding hydrogens is 421 g/mol. The molecule has 0 radical (unpaired) electrons. The second-order valence-corrected chi connectivity index (χ2v) is 8.08. The molecule has 0 unspecified atom stereocenters. The largest absolute Gasteiger partial charge is 0.501 e. The first-order chi connectivity index (χ1) is 15.8. The summed E-state index contributed by atoms with van der Waals surface area (Å²) in [6, 6.07) is 9.90. The van der Waals surface area contributed by atoms with Gasteiger partial charge in [0.1, 0.15) is 17.3 Å². The third-order valence-electron chi connectivity index (χ3n) is 5.60. The van der Waals surface area contributed by atoms with Crippen LogP contribution in [0.1, 0.15) is 50.3 Å². The summed E-state index contributed by atoms with van der Waals surface area (Å²) in [4.78, 5) is 23.8. The zero-order valence-electron chi connectivity index (χ0n) is 19.5. The van der Waals surface area contributed by atoms with Crippen molar-refractivity contribution in [1.82, 2.24) is 24.8 Å². The highest BCUT2D eigenvalue weighted by atomic mass is 19.1. The molecule has 2 N–H and O–H groups in total. The van der Waals surface area contributed by atoms with Crippen molar-refractivity contribution in [3.8, 4) is 5.75 Å². The van der Waals surface area contributed by atoms with E-state index in [0.717, 1.165) is 11.1 Å². The van der Waals surface area contributed by atoms with Crippen LogP contribution in [0.5, 0.6) is 5.75 Å². The van der Waals surface area contributed by atoms with Crippen molar-refractivity contribution in [2.75, 3.05) is 0 Å². The number of nitrogens with one attached hydrogen (secondary N) is 1. The molecule has 0 saturated heterocycles. The number of pyridine rings is 1. The number of halogens is 1. The van der Waals surface area contributed by atoms with Crippen molar-refractivity contribution in [3.05, 3.63) is 94.2 Å². The molecule has 0 bridgehead atoms. The molecule has 0 fully saturated rings. The molecule has 4 rings (SSSR count). The smallest absolute Gasteiger partial charge is 0.297 e. The summed E-state index contributed by atoms with van der Waals surface area (Å²) in [7, 11) is 0. The Labute approximate surface area is 193 Å². The predicted molar refractivity (Wildman–Crippen MR) is 127 cm³/mol. The fraction of sp³-hybridized carbons (Fsp3) is 0.320. The Morgan fingerprint density at radius 2 is 1.91 bits per heavy atom. The predicted octanol–water partition coefficient (Wildman–Crippen LogP) is 3.98. The van der Waals surface area contributed by atoms with Gasteiger partial charge >= 0.3 is 0 Å². The molecule has 3 aromatic rings. The summed E-state index contributed by atoms with van der Waals surface area (Å²) in [6.07, 6.45) is 3.51. The number of fused-ring (bicyclic) bond motifs is 1. The summed E-state index contributed by atoms with van der Waals surface area (Å²) < 4.78 is 14.6. The number of hydrogen-bond acceptors (Lipinski definition) is 6. The molecule has 0 spiro atoms. The van der Waals surface area contributed by atoms with Crippen LogP contribution in [0.15, 0.2) is 60.2 Å². The van der Waals surface area contributed by atoms with Gasteiger partial charge in [0.25, 0.3) is 5.56 Å². The van der Waals surface area contributed by atoms with E-state index in [1.54, 1.807) is 24.5 Å². The van der Waals surface area contributed by atoms with E-state index < -0.39 is 16.8 Å².